The molecular weight excluding hydrogens is 798 g/mol. The van der Waals surface area contributed by atoms with Gasteiger partial charge in [-0.3, -0.25) is 14.6 Å². The van der Waals surface area contributed by atoms with Crippen LogP contribution in [0.5, 0.6) is 0 Å². The van der Waals surface area contributed by atoms with Crippen LogP contribution in [0.15, 0.2) is 132 Å². The van der Waals surface area contributed by atoms with Gasteiger partial charge < -0.3 is 9.32 Å². The maximum atomic E-state index is 6.35. The van der Waals surface area contributed by atoms with Gasteiger partial charge in [0.1, 0.15) is 17.7 Å². The molecule has 6 nitrogen and oxygen atoms in total. The van der Waals surface area contributed by atoms with Gasteiger partial charge in [-0.2, -0.15) is 5.10 Å². The Hall–Kier alpha value is -5.32. The van der Waals surface area contributed by atoms with E-state index >= 15 is 0 Å². The van der Waals surface area contributed by atoms with Crippen molar-refractivity contribution in [3.05, 3.63) is 151 Å². The monoisotopic (exact) mass is 832 g/mol. The third-order valence-electron chi connectivity index (χ3n) is 8.94. The normalized spacial score (nSPS) is 11.4. The third kappa shape index (κ3) is 5.94. The SMILES string of the molecule is CC(C)c1cccc(C(C)C)c1-n1ncnc1-c1[c-]c(N(c2ccccc2)c2cccc(-c3[c-]ccc4c3oc3ccccc34)n2)ccc1.[Pt+2]. The molecule has 50 heavy (non-hydrogen) atoms. The van der Waals surface area contributed by atoms with Gasteiger partial charge in [-0.1, -0.05) is 105 Å². The van der Waals surface area contributed by atoms with Gasteiger partial charge in [0.2, 0.25) is 0 Å². The van der Waals surface area contributed by atoms with Crippen molar-refractivity contribution in [2.75, 3.05) is 4.90 Å². The van der Waals surface area contributed by atoms with Crippen LogP contribution in [0.4, 0.5) is 17.2 Å². The summed E-state index contributed by atoms with van der Waals surface area (Å²) in [5.74, 6) is 2.11. The van der Waals surface area contributed by atoms with E-state index in [0.29, 0.717) is 11.8 Å². The first-order valence-corrected chi connectivity index (χ1v) is 16.7. The van der Waals surface area contributed by atoms with Crippen molar-refractivity contribution >= 4 is 39.1 Å². The summed E-state index contributed by atoms with van der Waals surface area (Å²) in [5, 5.41) is 6.89. The molecule has 0 N–H and O–H groups in total. The fourth-order valence-corrected chi connectivity index (χ4v) is 6.60. The predicted molar refractivity (Wildman–Crippen MR) is 198 cm³/mol. The van der Waals surface area contributed by atoms with Crippen molar-refractivity contribution in [2.24, 2.45) is 0 Å². The Morgan fingerprint density at radius 3 is 2.22 bits per heavy atom. The van der Waals surface area contributed by atoms with E-state index in [4.69, 9.17) is 19.5 Å². The summed E-state index contributed by atoms with van der Waals surface area (Å²) in [6.07, 6.45) is 1.63. The minimum absolute atomic E-state index is 0. The number of hydrogen-bond donors (Lipinski definition) is 0. The number of benzene rings is 5. The van der Waals surface area contributed by atoms with Crippen molar-refractivity contribution in [3.63, 3.8) is 0 Å². The minimum atomic E-state index is 0. The van der Waals surface area contributed by atoms with Crippen LogP contribution in [0.25, 0.3) is 50.3 Å². The fraction of sp³-hybridized carbons (Fsp3) is 0.140. The van der Waals surface area contributed by atoms with Gasteiger partial charge in [-0.25, -0.2) is 0 Å². The van der Waals surface area contributed by atoms with Crippen LogP contribution in [0, 0.1) is 12.1 Å². The van der Waals surface area contributed by atoms with Gasteiger partial charge in [0.15, 0.2) is 0 Å². The maximum absolute atomic E-state index is 6.35. The Kier molecular flexibility index (Phi) is 9.22. The minimum Gasteiger partial charge on any atom is -0.501 e. The second-order valence-corrected chi connectivity index (χ2v) is 12.8. The number of anilines is 3. The molecule has 8 rings (SSSR count). The van der Waals surface area contributed by atoms with Crippen molar-refractivity contribution < 1.29 is 25.5 Å². The van der Waals surface area contributed by atoms with Crippen LogP contribution in [0.2, 0.25) is 0 Å². The molecule has 0 saturated heterocycles. The van der Waals surface area contributed by atoms with Crippen molar-refractivity contribution in [3.8, 4) is 28.3 Å². The molecule has 0 radical (unpaired) electrons. The van der Waals surface area contributed by atoms with Crippen LogP contribution >= 0.6 is 0 Å². The largest absolute Gasteiger partial charge is 2.00 e. The van der Waals surface area contributed by atoms with Crippen LogP contribution in [0.3, 0.4) is 0 Å². The molecule has 7 heteroatoms. The van der Waals surface area contributed by atoms with E-state index < -0.39 is 0 Å². The molecule has 0 spiro atoms. The van der Waals surface area contributed by atoms with E-state index in [1.165, 1.54) is 11.1 Å². The molecule has 0 amide bonds. The van der Waals surface area contributed by atoms with Crippen LogP contribution in [-0.2, 0) is 21.1 Å². The first-order chi connectivity index (χ1) is 24.0. The number of nitrogens with zero attached hydrogens (tertiary/aromatic N) is 5. The molecule has 5 aromatic carbocycles. The van der Waals surface area contributed by atoms with Crippen molar-refractivity contribution in [1.29, 1.82) is 0 Å². The summed E-state index contributed by atoms with van der Waals surface area (Å²) in [4.78, 5) is 12.1. The van der Waals surface area contributed by atoms with E-state index in [0.717, 1.165) is 67.5 Å². The van der Waals surface area contributed by atoms with E-state index in [1.54, 1.807) is 6.33 Å². The standard InChI is InChI=1S/C43H35N5O.Pt/c1-28(2)33-19-11-20-34(29(3)4)41(33)48-43(44-27-45-48)30-14-10-17-32(26-30)47(31-15-6-5-7-16-31)40-25-13-23-38(46-40)37-22-12-21-36-35-18-8-9-24-39(35)49-42(36)37;/h5-21,23-25,27-29H,1-4H3;/q-2;+2. The molecule has 0 aliphatic carbocycles. The Bertz CT molecular complexity index is 2400. The van der Waals surface area contributed by atoms with Gasteiger partial charge in [0.25, 0.3) is 0 Å². The Balaban J connectivity index is 0.00000392. The summed E-state index contributed by atoms with van der Waals surface area (Å²) in [5.41, 5.74) is 9.38. The van der Waals surface area contributed by atoms with Gasteiger partial charge in [-0.05, 0) is 58.6 Å². The van der Waals surface area contributed by atoms with E-state index in [1.807, 2.05) is 83.5 Å². The van der Waals surface area contributed by atoms with Crippen LogP contribution in [-0.4, -0.2) is 19.7 Å². The van der Waals surface area contributed by atoms with Crippen LogP contribution in [0.1, 0.15) is 50.7 Å². The number of fused-ring (bicyclic) bond motifs is 3. The second kappa shape index (κ2) is 13.9. The number of hydrogen-bond acceptors (Lipinski definition) is 5. The quantitative estimate of drug-likeness (QED) is 0.143. The summed E-state index contributed by atoms with van der Waals surface area (Å²) in [6.45, 7) is 8.88. The summed E-state index contributed by atoms with van der Waals surface area (Å²) >= 11 is 0. The first-order valence-electron chi connectivity index (χ1n) is 16.7. The van der Waals surface area contributed by atoms with Gasteiger partial charge in [-0.15, -0.1) is 48.0 Å². The predicted octanol–water partition coefficient (Wildman–Crippen LogP) is 11.2. The Morgan fingerprint density at radius 2 is 1.44 bits per heavy atom. The Labute approximate surface area is 306 Å². The summed E-state index contributed by atoms with van der Waals surface area (Å²) < 4.78 is 8.33. The van der Waals surface area contributed by atoms with Crippen molar-refractivity contribution in [1.82, 2.24) is 19.7 Å². The number of para-hydroxylation sites is 3. The topological polar surface area (TPSA) is 60.0 Å². The number of rotatable bonds is 8. The van der Waals surface area contributed by atoms with Gasteiger partial charge >= 0.3 is 21.1 Å². The molecule has 0 saturated carbocycles. The molecule has 0 bridgehead atoms. The molecule has 0 atom stereocenters. The maximum Gasteiger partial charge on any atom is 2.00 e. The van der Waals surface area contributed by atoms with Crippen LogP contribution < -0.4 is 4.90 Å². The molecule has 248 valence electrons. The molecule has 0 unspecified atom stereocenters. The number of pyridine rings is 1. The fourth-order valence-electron chi connectivity index (χ4n) is 6.60. The molecule has 0 aliphatic rings. The number of furan rings is 1. The zero-order chi connectivity index (χ0) is 33.5. The van der Waals surface area contributed by atoms with E-state index in [9.17, 15) is 0 Å². The number of aromatic nitrogens is 4. The van der Waals surface area contributed by atoms with Gasteiger partial charge in [0.05, 0.1) is 17.1 Å². The third-order valence-corrected chi connectivity index (χ3v) is 8.94. The van der Waals surface area contributed by atoms with E-state index in [-0.39, 0.29) is 21.1 Å². The smallest absolute Gasteiger partial charge is 0.501 e. The molecule has 3 aromatic heterocycles. The zero-order valence-electron chi connectivity index (χ0n) is 28.2. The average Bonchev–Trinajstić information content (AvgIpc) is 3.78. The van der Waals surface area contributed by atoms with E-state index in [2.05, 4.69) is 87.2 Å². The Morgan fingerprint density at radius 1 is 0.720 bits per heavy atom. The van der Waals surface area contributed by atoms with Crippen molar-refractivity contribution in [2.45, 2.75) is 39.5 Å². The molecule has 0 aliphatic heterocycles. The summed E-state index contributed by atoms with van der Waals surface area (Å²) in [7, 11) is 0. The molecule has 8 aromatic rings. The molecule has 3 heterocycles. The second-order valence-electron chi connectivity index (χ2n) is 12.8. The average molecular weight is 833 g/mol. The zero-order valence-corrected chi connectivity index (χ0v) is 30.5. The summed E-state index contributed by atoms with van der Waals surface area (Å²) in [6, 6.07) is 48.2. The first kappa shape index (κ1) is 33.2. The molecule has 0 fully saturated rings. The molecular formula is C43H35N5OPt. The van der Waals surface area contributed by atoms with Gasteiger partial charge in [0, 0.05) is 11.1 Å².